The van der Waals surface area contributed by atoms with Gasteiger partial charge in [0.2, 0.25) is 11.8 Å². The Morgan fingerprint density at radius 3 is 2.00 bits per heavy atom. The molecule has 2 amide bonds. The maximum Gasteiger partial charge on any atom is 0.225 e. The third-order valence-corrected chi connectivity index (χ3v) is 6.65. The molecule has 4 rings (SSSR count). The summed E-state index contributed by atoms with van der Waals surface area (Å²) < 4.78 is 10.8. The van der Waals surface area contributed by atoms with Crippen molar-refractivity contribution < 1.29 is 19.1 Å². The molecule has 1 aromatic carbocycles. The van der Waals surface area contributed by atoms with Gasteiger partial charge in [0.15, 0.2) is 0 Å². The van der Waals surface area contributed by atoms with Crippen LogP contribution in [0.1, 0.15) is 31.2 Å². The molecular weight excluding hydrogens is 382 g/mol. The number of nitrogens with zero attached hydrogens (tertiary/aromatic N) is 3. The van der Waals surface area contributed by atoms with E-state index in [4.69, 9.17) is 9.47 Å². The van der Waals surface area contributed by atoms with Crippen molar-refractivity contribution in [2.45, 2.75) is 32.2 Å². The summed E-state index contributed by atoms with van der Waals surface area (Å²) in [5.74, 6) is 2.61. The van der Waals surface area contributed by atoms with Crippen LogP contribution in [0.4, 0.5) is 0 Å². The van der Waals surface area contributed by atoms with Gasteiger partial charge in [-0.15, -0.1) is 0 Å². The summed E-state index contributed by atoms with van der Waals surface area (Å²) in [6.07, 6.45) is 3.70. The first-order chi connectivity index (χ1) is 14.6. The Morgan fingerprint density at radius 2 is 1.43 bits per heavy atom. The molecular formula is C23H33N3O4. The minimum Gasteiger partial charge on any atom is -0.497 e. The van der Waals surface area contributed by atoms with Gasteiger partial charge in [0.25, 0.3) is 0 Å². The molecule has 2 aliphatic heterocycles. The molecule has 0 radical (unpaired) electrons. The van der Waals surface area contributed by atoms with Gasteiger partial charge in [0.05, 0.1) is 14.2 Å². The standard InChI is InChI=1S/C23H33N3O4/c1-29-20-5-6-21(30-2)19(15-20)16-24-11-13-26(14-12-24)23(28)18-7-9-25(10-8-18)22(27)17-3-4-17/h5-6,15,17-18H,3-4,7-14,16H2,1-2H3. The molecule has 3 aliphatic rings. The third-order valence-electron chi connectivity index (χ3n) is 6.65. The van der Waals surface area contributed by atoms with Crippen molar-refractivity contribution >= 4 is 11.8 Å². The molecule has 1 aliphatic carbocycles. The summed E-state index contributed by atoms with van der Waals surface area (Å²) in [4.78, 5) is 31.6. The molecule has 0 unspecified atom stereocenters. The quantitative estimate of drug-likeness (QED) is 0.711. The molecule has 1 saturated carbocycles. The van der Waals surface area contributed by atoms with Crippen molar-refractivity contribution in [3.05, 3.63) is 23.8 Å². The number of piperidine rings is 1. The van der Waals surface area contributed by atoms with Gasteiger partial charge in [-0.2, -0.15) is 0 Å². The number of methoxy groups -OCH3 is 2. The van der Waals surface area contributed by atoms with Crippen LogP contribution in [0.25, 0.3) is 0 Å². The summed E-state index contributed by atoms with van der Waals surface area (Å²) >= 11 is 0. The summed E-state index contributed by atoms with van der Waals surface area (Å²) in [7, 11) is 3.35. The lowest BCUT2D eigenvalue weighted by atomic mass is 9.94. The highest BCUT2D eigenvalue weighted by molar-refractivity contribution is 5.82. The van der Waals surface area contributed by atoms with Gasteiger partial charge < -0.3 is 19.3 Å². The van der Waals surface area contributed by atoms with Gasteiger partial charge >= 0.3 is 0 Å². The second kappa shape index (κ2) is 9.25. The molecule has 2 heterocycles. The summed E-state index contributed by atoms with van der Waals surface area (Å²) in [6, 6.07) is 5.86. The van der Waals surface area contributed by atoms with Gasteiger partial charge in [-0.3, -0.25) is 14.5 Å². The number of amides is 2. The lowest BCUT2D eigenvalue weighted by Crippen LogP contribution is -2.51. The smallest absolute Gasteiger partial charge is 0.225 e. The van der Waals surface area contributed by atoms with Crippen molar-refractivity contribution in [3.8, 4) is 11.5 Å². The summed E-state index contributed by atoms with van der Waals surface area (Å²) in [6.45, 7) is 5.47. The molecule has 0 atom stereocenters. The molecule has 1 aromatic rings. The van der Waals surface area contributed by atoms with Crippen LogP contribution in [0.15, 0.2) is 18.2 Å². The van der Waals surface area contributed by atoms with Crippen molar-refractivity contribution in [2.75, 3.05) is 53.5 Å². The van der Waals surface area contributed by atoms with E-state index in [0.29, 0.717) is 5.91 Å². The van der Waals surface area contributed by atoms with Crippen molar-refractivity contribution in [1.82, 2.24) is 14.7 Å². The first-order valence-corrected chi connectivity index (χ1v) is 11.1. The largest absolute Gasteiger partial charge is 0.497 e. The molecule has 0 aromatic heterocycles. The number of hydrogen-bond acceptors (Lipinski definition) is 5. The number of carbonyl (C=O) groups is 2. The summed E-state index contributed by atoms with van der Waals surface area (Å²) in [5.41, 5.74) is 1.10. The van der Waals surface area contributed by atoms with E-state index in [-0.39, 0.29) is 17.7 Å². The van der Waals surface area contributed by atoms with Gasteiger partial charge in [0, 0.05) is 63.2 Å². The van der Waals surface area contributed by atoms with E-state index in [1.807, 2.05) is 28.0 Å². The molecule has 3 fully saturated rings. The van der Waals surface area contributed by atoms with Gasteiger partial charge in [-0.1, -0.05) is 0 Å². The van der Waals surface area contributed by atoms with E-state index in [0.717, 1.165) is 88.6 Å². The number of rotatable bonds is 6. The average molecular weight is 416 g/mol. The Bertz CT molecular complexity index is 764. The Morgan fingerprint density at radius 1 is 0.833 bits per heavy atom. The van der Waals surface area contributed by atoms with Crippen molar-refractivity contribution in [1.29, 1.82) is 0 Å². The van der Waals surface area contributed by atoms with E-state index in [1.54, 1.807) is 14.2 Å². The molecule has 164 valence electrons. The van der Waals surface area contributed by atoms with Crippen LogP contribution in [-0.2, 0) is 16.1 Å². The number of ether oxygens (including phenoxy) is 2. The second-order valence-electron chi connectivity index (χ2n) is 8.65. The zero-order chi connectivity index (χ0) is 21.1. The first kappa shape index (κ1) is 21.0. The van der Waals surface area contributed by atoms with Gasteiger partial charge in [0.1, 0.15) is 11.5 Å². The Kier molecular flexibility index (Phi) is 6.46. The predicted octanol–water partition coefficient (Wildman–Crippen LogP) is 2.00. The Balaban J connectivity index is 1.25. The van der Waals surface area contributed by atoms with E-state index in [1.165, 1.54) is 0 Å². The van der Waals surface area contributed by atoms with Gasteiger partial charge in [-0.05, 0) is 43.9 Å². The highest BCUT2D eigenvalue weighted by Crippen LogP contribution is 2.33. The monoisotopic (exact) mass is 415 g/mol. The zero-order valence-corrected chi connectivity index (χ0v) is 18.1. The number of piperazine rings is 1. The van der Waals surface area contributed by atoms with Gasteiger partial charge in [-0.25, -0.2) is 0 Å². The number of carbonyl (C=O) groups excluding carboxylic acids is 2. The Hall–Kier alpha value is -2.28. The fraction of sp³-hybridized carbons (Fsp3) is 0.652. The average Bonchev–Trinajstić information content (AvgIpc) is 3.64. The number of hydrogen-bond donors (Lipinski definition) is 0. The fourth-order valence-electron chi connectivity index (χ4n) is 4.57. The maximum absolute atomic E-state index is 13.0. The first-order valence-electron chi connectivity index (χ1n) is 11.1. The van der Waals surface area contributed by atoms with Crippen molar-refractivity contribution in [2.24, 2.45) is 11.8 Å². The minimum atomic E-state index is 0.0679. The molecule has 0 spiro atoms. The van der Waals surface area contributed by atoms with Crippen LogP contribution in [0, 0.1) is 11.8 Å². The lowest BCUT2D eigenvalue weighted by molar-refractivity contribution is -0.142. The maximum atomic E-state index is 13.0. The van der Waals surface area contributed by atoms with Crippen LogP contribution in [0.3, 0.4) is 0 Å². The molecule has 30 heavy (non-hydrogen) atoms. The predicted molar refractivity (Wildman–Crippen MR) is 113 cm³/mol. The molecule has 7 nitrogen and oxygen atoms in total. The van der Waals surface area contributed by atoms with Crippen molar-refractivity contribution in [3.63, 3.8) is 0 Å². The highest BCUT2D eigenvalue weighted by Gasteiger charge is 2.37. The van der Waals surface area contributed by atoms with Crippen LogP contribution >= 0.6 is 0 Å². The van der Waals surface area contributed by atoms with E-state index in [9.17, 15) is 9.59 Å². The summed E-state index contributed by atoms with van der Waals surface area (Å²) in [5, 5.41) is 0. The fourth-order valence-corrected chi connectivity index (χ4v) is 4.57. The van der Waals surface area contributed by atoms with E-state index in [2.05, 4.69) is 4.90 Å². The third kappa shape index (κ3) is 4.72. The second-order valence-corrected chi connectivity index (χ2v) is 8.65. The number of benzene rings is 1. The number of likely N-dealkylation sites (tertiary alicyclic amines) is 1. The molecule has 0 N–H and O–H groups in total. The topological polar surface area (TPSA) is 62.3 Å². The van der Waals surface area contributed by atoms with E-state index < -0.39 is 0 Å². The molecule has 0 bridgehead atoms. The van der Waals surface area contributed by atoms with Crippen LogP contribution in [-0.4, -0.2) is 80.0 Å². The van der Waals surface area contributed by atoms with Crippen LogP contribution < -0.4 is 9.47 Å². The Labute approximate surface area is 178 Å². The molecule has 7 heteroatoms. The normalized spacial score (nSPS) is 20.9. The minimum absolute atomic E-state index is 0.0679. The SMILES string of the molecule is COc1ccc(OC)c(CN2CCN(C(=O)C3CCN(C(=O)C4CC4)CC3)CC2)c1. The zero-order valence-electron chi connectivity index (χ0n) is 18.1. The molecule has 2 saturated heterocycles. The highest BCUT2D eigenvalue weighted by atomic mass is 16.5. The van der Waals surface area contributed by atoms with Crippen LogP contribution in [0.2, 0.25) is 0 Å². The van der Waals surface area contributed by atoms with E-state index >= 15 is 0 Å². The van der Waals surface area contributed by atoms with Crippen LogP contribution in [0.5, 0.6) is 11.5 Å². The lowest BCUT2D eigenvalue weighted by Gasteiger charge is -2.38.